The van der Waals surface area contributed by atoms with E-state index in [1.54, 1.807) is 0 Å². The highest BCUT2D eigenvalue weighted by Gasteiger charge is 2.45. The largest absolute Gasteiger partial charge is 0.489 e. The molecule has 0 amide bonds. The third-order valence-corrected chi connectivity index (χ3v) is 4.69. The van der Waals surface area contributed by atoms with E-state index in [1.165, 1.54) is 6.42 Å². The predicted molar refractivity (Wildman–Crippen MR) is 80.8 cm³/mol. The SMILES string of the molecule is CN1CCCC(Oc2ccc(C3(CC(=O)O)CC3)cc2)C1. The lowest BCUT2D eigenvalue weighted by atomic mass is 9.92. The number of rotatable bonds is 5. The van der Waals surface area contributed by atoms with Gasteiger partial charge in [-0.2, -0.15) is 0 Å². The predicted octanol–water partition coefficient (Wildman–Crippen LogP) is 2.67. The number of benzene rings is 1. The highest BCUT2D eigenvalue weighted by Crippen LogP contribution is 2.51. The van der Waals surface area contributed by atoms with Gasteiger partial charge in [0.05, 0.1) is 6.42 Å². The van der Waals surface area contributed by atoms with Gasteiger partial charge < -0.3 is 14.7 Å². The second-order valence-corrected chi connectivity index (χ2v) is 6.52. The zero-order valence-corrected chi connectivity index (χ0v) is 12.5. The minimum absolute atomic E-state index is 0.116. The van der Waals surface area contributed by atoms with Gasteiger partial charge in [0.1, 0.15) is 11.9 Å². The third kappa shape index (κ3) is 3.38. The van der Waals surface area contributed by atoms with Gasteiger partial charge in [-0.1, -0.05) is 12.1 Å². The molecule has 0 aromatic heterocycles. The minimum Gasteiger partial charge on any atom is -0.489 e. The van der Waals surface area contributed by atoms with E-state index >= 15 is 0 Å². The summed E-state index contributed by atoms with van der Waals surface area (Å²) in [5, 5.41) is 9.02. The number of piperidine rings is 1. The Kier molecular flexibility index (Phi) is 3.89. The molecule has 3 rings (SSSR count). The maximum atomic E-state index is 11.0. The Balaban J connectivity index is 1.63. The highest BCUT2D eigenvalue weighted by molar-refractivity contribution is 5.70. The van der Waals surface area contributed by atoms with Gasteiger partial charge >= 0.3 is 5.97 Å². The Bertz CT molecular complexity index is 507. The molecule has 1 N–H and O–H groups in total. The van der Waals surface area contributed by atoms with E-state index in [0.29, 0.717) is 0 Å². The summed E-state index contributed by atoms with van der Waals surface area (Å²) in [6, 6.07) is 8.06. The van der Waals surface area contributed by atoms with Crippen molar-refractivity contribution in [2.45, 2.75) is 43.6 Å². The Morgan fingerprint density at radius 3 is 2.67 bits per heavy atom. The number of nitrogens with zero attached hydrogens (tertiary/aromatic N) is 1. The van der Waals surface area contributed by atoms with Crippen molar-refractivity contribution >= 4 is 5.97 Å². The van der Waals surface area contributed by atoms with Crippen LogP contribution in [0.2, 0.25) is 0 Å². The summed E-state index contributed by atoms with van der Waals surface area (Å²) in [7, 11) is 2.13. The number of hydrogen-bond acceptors (Lipinski definition) is 3. The first kappa shape index (κ1) is 14.4. The van der Waals surface area contributed by atoms with Crippen LogP contribution in [0.3, 0.4) is 0 Å². The fourth-order valence-corrected chi connectivity index (χ4v) is 3.30. The molecule has 114 valence electrons. The van der Waals surface area contributed by atoms with Crippen molar-refractivity contribution < 1.29 is 14.6 Å². The standard InChI is InChI=1S/C17H23NO3/c1-18-10-2-3-15(12-18)21-14-6-4-13(5-7-14)17(8-9-17)11-16(19)20/h4-7,15H,2-3,8-12H2,1H3,(H,19,20). The molecule has 1 aliphatic heterocycles. The Morgan fingerprint density at radius 1 is 1.38 bits per heavy atom. The van der Waals surface area contributed by atoms with Gasteiger partial charge in [-0.25, -0.2) is 0 Å². The van der Waals surface area contributed by atoms with Crippen LogP contribution in [0.15, 0.2) is 24.3 Å². The Morgan fingerprint density at radius 2 is 2.10 bits per heavy atom. The average Bonchev–Trinajstić information content (AvgIpc) is 3.19. The fraction of sp³-hybridized carbons (Fsp3) is 0.588. The van der Waals surface area contributed by atoms with Gasteiger partial charge in [-0.05, 0) is 57.0 Å². The molecule has 2 fully saturated rings. The molecule has 4 nitrogen and oxygen atoms in total. The van der Waals surface area contributed by atoms with Gasteiger partial charge in [0, 0.05) is 12.0 Å². The molecule has 1 aliphatic carbocycles. The van der Waals surface area contributed by atoms with Crippen LogP contribution >= 0.6 is 0 Å². The smallest absolute Gasteiger partial charge is 0.304 e. The van der Waals surface area contributed by atoms with Crippen LogP contribution in [0.5, 0.6) is 5.75 Å². The van der Waals surface area contributed by atoms with Crippen molar-refractivity contribution in [1.82, 2.24) is 4.90 Å². The summed E-state index contributed by atoms with van der Waals surface area (Å²) in [4.78, 5) is 13.3. The molecule has 2 aliphatic rings. The summed E-state index contributed by atoms with van der Waals surface area (Å²) in [5.74, 6) is 0.184. The van der Waals surface area contributed by atoms with E-state index in [1.807, 2.05) is 24.3 Å². The van der Waals surface area contributed by atoms with E-state index in [2.05, 4.69) is 11.9 Å². The van der Waals surface area contributed by atoms with Gasteiger partial charge in [0.15, 0.2) is 0 Å². The molecule has 1 saturated carbocycles. The first-order valence-corrected chi connectivity index (χ1v) is 7.75. The number of hydrogen-bond donors (Lipinski definition) is 1. The number of carbonyl (C=O) groups is 1. The van der Waals surface area contributed by atoms with E-state index in [4.69, 9.17) is 9.84 Å². The second kappa shape index (κ2) is 5.68. The number of carboxylic acid groups (broad SMARTS) is 1. The Hall–Kier alpha value is -1.55. The number of aliphatic carboxylic acids is 1. The first-order valence-electron chi connectivity index (χ1n) is 7.75. The maximum absolute atomic E-state index is 11.0. The molecule has 1 aromatic rings. The second-order valence-electron chi connectivity index (χ2n) is 6.52. The third-order valence-electron chi connectivity index (χ3n) is 4.69. The van der Waals surface area contributed by atoms with E-state index in [9.17, 15) is 4.79 Å². The monoisotopic (exact) mass is 289 g/mol. The molecule has 0 bridgehead atoms. The molecule has 1 unspecified atom stereocenters. The number of likely N-dealkylation sites (tertiary alicyclic amines) is 1. The fourth-order valence-electron chi connectivity index (χ4n) is 3.30. The zero-order chi connectivity index (χ0) is 14.9. The zero-order valence-electron chi connectivity index (χ0n) is 12.5. The maximum Gasteiger partial charge on any atom is 0.304 e. The lowest BCUT2D eigenvalue weighted by Gasteiger charge is -2.30. The van der Waals surface area contributed by atoms with E-state index < -0.39 is 5.97 Å². The van der Waals surface area contributed by atoms with E-state index in [0.717, 1.165) is 43.7 Å². The minimum atomic E-state index is -0.710. The van der Waals surface area contributed by atoms with Crippen molar-refractivity contribution in [1.29, 1.82) is 0 Å². The van der Waals surface area contributed by atoms with E-state index in [-0.39, 0.29) is 17.9 Å². The molecular weight excluding hydrogens is 266 g/mol. The molecule has 0 radical (unpaired) electrons. The quantitative estimate of drug-likeness (QED) is 0.905. The lowest BCUT2D eigenvalue weighted by molar-refractivity contribution is -0.137. The van der Waals surface area contributed by atoms with Crippen LogP contribution in [0.1, 0.15) is 37.7 Å². The molecular formula is C17H23NO3. The van der Waals surface area contributed by atoms with Gasteiger partial charge in [-0.3, -0.25) is 4.79 Å². The Labute approximate surface area is 125 Å². The summed E-state index contributed by atoms with van der Waals surface area (Å²) < 4.78 is 6.04. The molecule has 1 heterocycles. The summed E-state index contributed by atoms with van der Waals surface area (Å²) >= 11 is 0. The van der Waals surface area contributed by atoms with Crippen LogP contribution < -0.4 is 4.74 Å². The van der Waals surface area contributed by atoms with Crippen LogP contribution in [0.4, 0.5) is 0 Å². The average molecular weight is 289 g/mol. The number of ether oxygens (including phenoxy) is 1. The summed E-state index contributed by atoms with van der Waals surface area (Å²) in [6.07, 6.45) is 4.75. The van der Waals surface area contributed by atoms with Crippen molar-refractivity contribution in [2.75, 3.05) is 20.1 Å². The molecule has 1 aromatic carbocycles. The van der Waals surface area contributed by atoms with Crippen molar-refractivity contribution in [3.63, 3.8) is 0 Å². The lowest BCUT2D eigenvalue weighted by Crippen LogP contribution is -2.38. The first-order chi connectivity index (χ1) is 10.1. The van der Waals surface area contributed by atoms with Crippen LogP contribution in [0.25, 0.3) is 0 Å². The number of likely N-dealkylation sites (N-methyl/N-ethyl adjacent to an activating group) is 1. The summed E-state index contributed by atoms with van der Waals surface area (Å²) in [6.45, 7) is 2.13. The van der Waals surface area contributed by atoms with Gasteiger partial charge in [-0.15, -0.1) is 0 Å². The molecule has 21 heavy (non-hydrogen) atoms. The highest BCUT2D eigenvalue weighted by atomic mass is 16.5. The van der Waals surface area contributed by atoms with Gasteiger partial charge in [0.25, 0.3) is 0 Å². The van der Waals surface area contributed by atoms with Gasteiger partial charge in [0.2, 0.25) is 0 Å². The molecule has 1 atom stereocenters. The van der Waals surface area contributed by atoms with Crippen LogP contribution in [0, 0.1) is 0 Å². The van der Waals surface area contributed by atoms with Crippen molar-refractivity contribution in [2.24, 2.45) is 0 Å². The molecule has 0 spiro atoms. The summed E-state index contributed by atoms with van der Waals surface area (Å²) in [5.41, 5.74) is 1.02. The topological polar surface area (TPSA) is 49.8 Å². The van der Waals surface area contributed by atoms with Crippen LogP contribution in [-0.4, -0.2) is 42.2 Å². The molecule has 4 heteroatoms. The number of carboxylic acids is 1. The normalized spacial score (nSPS) is 24.5. The van der Waals surface area contributed by atoms with Crippen molar-refractivity contribution in [3.8, 4) is 5.75 Å². The van der Waals surface area contributed by atoms with Crippen LogP contribution in [-0.2, 0) is 10.2 Å². The van der Waals surface area contributed by atoms with Crippen molar-refractivity contribution in [3.05, 3.63) is 29.8 Å². The molecule has 1 saturated heterocycles.